The molecule has 4 aliphatic carbocycles. The number of aliphatic hydroxyl groups is 1. The van der Waals surface area contributed by atoms with E-state index in [1.807, 2.05) is 0 Å². The molecule has 1 spiro atoms. The highest BCUT2D eigenvalue weighted by atomic mass is 16.7. The molecule has 154 valence electrons. The minimum absolute atomic E-state index is 0.0551. The van der Waals surface area contributed by atoms with Crippen molar-refractivity contribution in [3.63, 3.8) is 0 Å². The monoisotopic (exact) mass is 378 g/mol. The first-order valence-electron chi connectivity index (χ1n) is 11.0. The summed E-state index contributed by atoms with van der Waals surface area (Å²) in [6.45, 7) is 6.52. The number of allylic oxidation sites excluding steroid dienone is 2. The van der Waals surface area contributed by atoms with E-state index in [1.54, 1.807) is 19.8 Å². The van der Waals surface area contributed by atoms with Crippen molar-refractivity contribution in [2.45, 2.75) is 70.7 Å². The second-order valence-corrected chi connectivity index (χ2v) is 9.94. The zero-order chi connectivity index (χ0) is 19.2. The van der Waals surface area contributed by atoms with Crippen molar-refractivity contribution in [1.82, 2.24) is 0 Å². The molecular formula is C23H38O4. The number of methoxy groups -OCH3 is 1. The summed E-state index contributed by atoms with van der Waals surface area (Å²) in [5, 5.41) is 10.4. The third-order valence-corrected chi connectivity index (χ3v) is 8.50. The van der Waals surface area contributed by atoms with Crippen LogP contribution in [0.5, 0.6) is 0 Å². The van der Waals surface area contributed by atoms with Crippen molar-refractivity contribution in [1.29, 1.82) is 0 Å². The van der Waals surface area contributed by atoms with Gasteiger partial charge in [0.25, 0.3) is 0 Å². The lowest BCUT2D eigenvalue weighted by Gasteiger charge is -2.58. The van der Waals surface area contributed by atoms with Gasteiger partial charge in [-0.15, -0.1) is 0 Å². The molecule has 27 heavy (non-hydrogen) atoms. The smallest absolute Gasteiger partial charge is 0.168 e. The van der Waals surface area contributed by atoms with Crippen LogP contribution in [0, 0.1) is 35.0 Å². The Kier molecular flexibility index (Phi) is 5.48. The van der Waals surface area contributed by atoms with E-state index >= 15 is 0 Å². The van der Waals surface area contributed by atoms with Gasteiger partial charge in [0.15, 0.2) is 5.79 Å². The lowest BCUT2D eigenvalue weighted by atomic mass is 9.48. The molecule has 6 unspecified atom stereocenters. The van der Waals surface area contributed by atoms with Crippen LogP contribution in [0.2, 0.25) is 0 Å². The van der Waals surface area contributed by atoms with E-state index in [1.165, 1.54) is 19.3 Å². The Morgan fingerprint density at radius 3 is 2.52 bits per heavy atom. The first kappa shape index (κ1) is 19.9. The summed E-state index contributed by atoms with van der Waals surface area (Å²) < 4.78 is 16.4. The van der Waals surface area contributed by atoms with Crippen LogP contribution in [0.25, 0.3) is 0 Å². The van der Waals surface area contributed by atoms with Crippen molar-refractivity contribution in [2.24, 2.45) is 35.0 Å². The first-order chi connectivity index (χ1) is 12.9. The van der Waals surface area contributed by atoms with E-state index in [-0.39, 0.29) is 11.9 Å². The summed E-state index contributed by atoms with van der Waals surface area (Å²) in [4.78, 5) is 0. The van der Waals surface area contributed by atoms with Gasteiger partial charge in [-0.05, 0) is 67.1 Å². The predicted octanol–water partition coefficient (Wildman–Crippen LogP) is 4.17. The normalized spacial score (nSPS) is 47.4. The standard InChI is InChI=1S/C21H32O3.C2H6O/c1-13-11-14-12-21(23-9-10-24-21)8-7-20(14,2)17-5-3-15-16(19(13)17)4-6-18(15)22;1-3-2/h5,13-16,18-19,22H,3-4,6-12H2,1-2H3;1-2H3/t13-,14?,15?,16?,18?,19?,20?;/m1./s1. The molecule has 5 aliphatic rings. The first-order valence-corrected chi connectivity index (χ1v) is 11.0. The van der Waals surface area contributed by atoms with Crippen molar-refractivity contribution in [3.8, 4) is 0 Å². The second-order valence-electron chi connectivity index (χ2n) is 9.94. The van der Waals surface area contributed by atoms with Gasteiger partial charge in [-0.2, -0.15) is 0 Å². The van der Waals surface area contributed by atoms with Crippen LogP contribution >= 0.6 is 0 Å². The van der Waals surface area contributed by atoms with Gasteiger partial charge in [0.1, 0.15) is 0 Å². The summed E-state index contributed by atoms with van der Waals surface area (Å²) in [7, 11) is 3.25. The summed E-state index contributed by atoms with van der Waals surface area (Å²) >= 11 is 0. The van der Waals surface area contributed by atoms with Crippen LogP contribution in [0.1, 0.15) is 58.8 Å². The van der Waals surface area contributed by atoms with Crippen LogP contribution in [0.4, 0.5) is 0 Å². The van der Waals surface area contributed by atoms with Crippen molar-refractivity contribution >= 4 is 0 Å². The van der Waals surface area contributed by atoms with Gasteiger partial charge in [0, 0.05) is 27.1 Å². The molecule has 4 nitrogen and oxygen atoms in total. The second kappa shape index (κ2) is 7.44. The van der Waals surface area contributed by atoms with Gasteiger partial charge in [-0.3, -0.25) is 0 Å². The third-order valence-electron chi connectivity index (χ3n) is 8.50. The number of hydrogen-bond donors (Lipinski definition) is 1. The molecule has 3 saturated carbocycles. The number of aliphatic hydroxyl groups excluding tert-OH is 1. The topological polar surface area (TPSA) is 47.9 Å². The maximum atomic E-state index is 10.4. The molecule has 0 radical (unpaired) electrons. The Labute approximate surface area is 164 Å². The largest absolute Gasteiger partial charge is 0.393 e. The van der Waals surface area contributed by atoms with Crippen LogP contribution < -0.4 is 0 Å². The molecule has 0 aromatic carbocycles. The average molecular weight is 379 g/mol. The molecule has 0 bridgehead atoms. The molecular weight excluding hydrogens is 340 g/mol. The summed E-state index contributed by atoms with van der Waals surface area (Å²) in [6.07, 6.45) is 10.5. The molecule has 4 heteroatoms. The van der Waals surface area contributed by atoms with Crippen molar-refractivity contribution in [2.75, 3.05) is 27.4 Å². The summed E-state index contributed by atoms with van der Waals surface area (Å²) in [5.41, 5.74) is 2.07. The fourth-order valence-corrected chi connectivity index (χ4v) is 7.26. The molecule has 0 aromatic rings. The molecule has 1 saturated heterocycles. The van der Waals surface area contributed by atoms with E-state index in [2.05, 4.69) is 24.7 Å². The lowest BCUT2D eigenvalue weighted by molar-refractivity contribution is -0.209. The van der Waals surface area contributed by atoms with E-state index in [0.717, 1.165) is 50.7 Å². The van der Waals surface area contributed by atoms with E-state index in [4.69, 9.17) is 9.47 Å². The molecule has 0 aromatic heterocycles. The molecule has 1 heterocycles. The number of ether oxygens (including phenoxy) is 3. The zero-order valence-corrected chi connectivity index (χ0v) is 17.6. The predicted molar refractivity (Wildman–Crippen MR) is 105 cm³/mol. The maximum Gasteiger partial charge on any atom is 0.168 e. The van der Waals surface area contributed by atoms with Gasteiger partial charge in [0.05, 0.1) is 19.3 Å². The van der Waals surface area contributed by atoms with Crippen LogP contribution in [0.3, 0.4) is 0 Å². The number of rotatable bonds is 0. The van der Waals surface area contributed by atoms with Gasteiger partial charge < -0.3 is 19.3 Å². The van der Waals surface area contributed by atoms with Crippen LogP contribution in [-0.2, 0) is 14.2 Å². The molecule has 7 atom stereocenters. The summed E-state index contributed by atoms with van der Waals surface area (Å²) in [6, 6.07) is 0. The average Bonchev–Trinajstić information content (AvgIpc) is 3.25. The molecule has 1 aliphatic heterocycles. The van der Waals surface area contributed by atoms with E-state index < -0.39 is 0 Å². The minimum atomic E-state index is -0.266. The number of fused-ring (bicyclic) bond motifs is 5. The maximum absolute atomic E-state index is 10.4. The molecule has 1 N–H and O–H groups in total. The van der Waals surface area contributed by atoms with E-state index in [0.29, 0.717) is 23.2 Å². The quantitative estimate of drug-likeness (QED) is 0.643. The van der Waals surface area contributed by atoms with Gasteiger partial charge in [-0.25, -0.2) is 0 Å². The van der Waals surface area contributed by atoms with Gasteiger partial charge >= 0.3 is 0 Å². The summed E-state index contributed by atoms with van der Waals surface area (Å²) in [5.74, 6) is 3.11. The van der Waals surface area contributed by atoms with E-state index in [9.17, 15) is 5.11 Å². The minimum Gasteiger partial charge on any atom is -0.393 e. The fraction of sp³-hybridized carbons (Fsp3) is 0.913. The highest BCUT2D eigenvalue weighted by Gasteiger charge is 2.58. The van der Waals surface area contributed by atoms with Crippen LogP contribution in [0.15, 0.2) is 11.6 Å². The highest BCUT2D eigenvalue weighted by Crippen LogP contribution is 2.64. The number of hydrogen-bond acceptors (Lipinski definition) is 4. The Morgan fingerprint density at radius 2 is 1.81 bits per heavy atom. The molecule has 5 rings (SSSR count). The van der Waals surface area contributed by atoms with Crippen molar-refractivity contribution in [3.05, 3.63) is 11.6 Å². The highest BCUT2D eigenvalue weighted by molar-refractivity contribution is 5.28. The van der Waals surface area contributed by atoms with Gasteiger partial charge in [0.2, 0.25) is 0 Å². The fourth-order valence-electron chi connectivity index (χ4n) is 7.26. The Balaban J connectivity index is 0.000000565. The zero-order valence-electron chi connectivity index (χ0n) is 17.6. The van der Waals surface area contributed by atoms with Gasteiger partial charge in [-0.1, -0.05) is 25.5 Å². The van der Waals surface area contributed by atoms with Crippen LogP contribution in [-0.4, -0.2) is 44.4 Å². The molecule has 0 amide bonds. The Bertz CT molecular complexity index is 567. The Hall–Kier alpha value is -0.420. The molecule has 4 fully saturated rings. The lowest BCUT2D eigenvalue weighted by Crippen LogP contribution is -2.52. The SMILES string of the molecule is COC.C[C@@H]1CC2CC3(CCC2(C)C2=CCC4C(O)CCC4C21)OCCO3. The third kappa shape index (κ3) is 3.21. The Morgan fingerprint density at radius 1 is 1.11 bits per heavy atom. The van der Waals surface area contributed by atoms with Crippen molar-refractivity contribution < 1.29 is 19.3 Å².